The van der Waals surface area contributed by atoms with E-state index in [1.54, 1.807) is 13.8 Å². The minimum absolute atomic E-state index is 0.106. The molecule has 1 saturated heterocycles. The topological polar surface area (TPSA) is 60.9 Å². The minimum Gasteiger partial charge on any atom is -0.389 e. The molecule has 2 unspecified atom stereocenters. The SMILES string of the molecule is CC1CC(C)CN(S(=O)(=O)N(C)CC(C)(C)O)C1. The van der Waals surface area contributed by atoms with E-state index < -0.39 is 15.8 Å². The number of rotatable bonds is 4. The molecule has 0 aliphatic carbocycles. The van der Waals surface area contributed by atoms with Crippen LogP contribution in [0.5, 0.6) is 0 Å². The van der Waals surface area contributed by atoms with E-state index in [0.29, 0.717) is 24.9 Å². The van der Waals surface area contributed by atoms with Gasteiger partial charge in [0.1, 0.15) is 0 Å². The highest BCUT2D eigenvalue weighted by atomic mass is 32.2. The van der Waals surface area contributed by atoms with Gasteiger partial charge in [0.05, 0.1) is 5.60 Å². The van der Waals surface area contributed by atoms with Crippen LogP contribution in [0.2, 0.25) is 0 Å². The summed E-state index contributed by atoms with van der Waals surface area (Å²) >= 11 is 0. The molecule has 2 atom stereocenters. The Bertz CT molecular complexity index is 365. The molecular formula is C12H26N2O3S. The maximum absolute atomic E-state index is 12.4. The van der Waals surface area contributed by atoms with Crippen molar-refractivity contribution in [2.45, 2.75) is 39.7 Å². The zero-order chi connectivity index (χ0) is 14.1. The Morgan fingerprint density at radius 2 is 1.72 bits per heavy atom. The molecule has 18 heavy (non-hydrogen) atoms. The predicted octanol–water partition coefficient (Wildman–Crippen LogP) is 0.912. The van der Waals surface area contributed by atoms with Crippen LogP contribution in [-0.2, 0) is 10.2 Å². The summed E-state index contributed by atoms with van der Waals surface area (Å²) in [6, 6.07) is 0. The smallest absolute Gasteiger partial charge is 0.281 e. The number of hydrogen-bond acceptors (Lipinski definition) is 3. The van der Waals surface area contributed by atoms with Gasteiger partial charge in [-0.3, -0.25) is 0 Å². The Hall–Kier alpha value is -0.170. The third kappa shape index (κ3) is 4.19. The third-order valence-corrected chi connectivity index (χ3v) is 5.03. The Morgan fingerprint density at radius 1 is 1.28 bits per heavy atom. The fourth-order valence-corrected chi connectivity index (χ4v) is 4.38. The average Bonchev–Trinajstić information content (AvgIpc) is 2.13. The van der Waals surface area contributed by atoms with Gasteiger partial charge in [0.25, 0.3) is 10.2 Å². The van der Waals surface area contributed by atoms with Gasteiger partial charge in [-0.15, -0.1) is 0 Å². The number of likely N-dealkylation sites (N-methyl/N-ethyl adjacent to an activating group) is 1. The van der Waals surface area contributed by atoms with E-state index >= 15 is 0 Å². The quantitative estimate of drug-likeness (QED) is 0.831. The summed E-state index contributed by atoms with van der Waals surface area (Å²) in [5.74, 6) is 0.776. The fourth-order valence-electron chi connectivity index (χ4n) is 2.62. The first-order valence-electron chi connectivity index (χ1n) is 6.46. The highest BCUT2D eigenvalue weighted by molar-refractivity contribution is 7.86. The average molecular weight is 278 g/mol. The van der Waals surface area contributed by atoms with Crippen molar-refractivity contribution in [2.24, 2.45) is 11.8 Å². The molecule has 0 spiro atoms. The lowest BCUT2D eigenvalue weighted by Gasteiger charge is -2.37. The highest BCUT2D eigenvalue weighted by Crippen LogP contribution is 2.24. The van der Waals surface area contributed by atoms with E-state index in [0.717, 1.165) is 6.42 Å². The molecule has 6 heteroatoms. The summed E-state index contributed by atoms with van der Waals surface area (Å²) < 4.78 is 27.6. The van der Waals surface area contributed by atoms with Gasteiger partial charge in [-0.25, -0.2) is 0 Å². The number of piperidine rings is 1. The van der Waals surface area contributed by atoms with Crippen molar-refractivity contribution < 1.29 is 13.5 Å². The molecular weight excluding hydrogens is 252 g/mol. The van der Waals surface area contributed by atoms with Crippen molar-refractivity contribution in [3.05, 3.63) is 0 Å². The first-order chi connectivity index (χ1) is 8.02. The summed E-state index contributed by atoms with van der Waals surface area (Å²) in [4.78, 5) is 0. The third-order valence-electron chi connectivity index (χ3n) is 3.17. The van der Waals surface area contributed by atoms with Crippen molar-refractivity contribution >= 4 is 10.2 Å². The molecule has 0 radical (unpaired) electrons. The summed E-state index contributed by atoms with van der Waals surface area (Å²) in [6.07, 6.45) is 1.07. The summed E-state index contributed by atoms with van der Waals surface area (Å²) in [5.41, 5.74) is -1.02. The van der Waals surface area contributed by atoms with Crippen LogP contribution in [0.15, 0.2) is 0 Å². The molecule has 0 aromatic rings. The number of nitrogens with zero attached hydrogens (tertiary/aromatic N) is 2. The van der Waals surface area contributed by atoms with E-state index in [2.05, 4.69) is 13.8 Å². The van der Waals surface area contributed by atoms with Crippen molar-refractivity contribution in [2.75, 3.05) is 26.7 Å². The molecule has 0 amide bonds. The van der Waals surface area contributed by atoms with Gasteiger partial charge in [-0.2, -0.15) is 17.0 Å². The highest BCUT2D eigenvalue weighted by Gasteiger charge is 2.34. The normalized spacial score (nSPS) is 27.7. The maximum atomic E-state index is 12.4. The van der Waals surface area contributed by atoms with Gasteiger partial charge in [0, 0.05) is 26.7 Å². The second kappa shape index (κ2) is 5.45. The molecule has 1 N–H and O–H groups in total. The second-order valence-electron chi connectivity index (χ2n) is 6.34. The zero-order valence-electron chi connectivity index (χ0n) is 12.0. The van der Waals surface area contributed by atoms with Crippen LogP contribution in [0.3, 0.4) is 0 Å². The van der Waals surface area contributed by atoms with Crippen LogP contribution < -0.4 is 0 Å². The molecule has 1 rings (SSSR count). The van der Waals surface area contributed by atoms with Gasteiger partial charge in [-0.1, -0.05) is 13.8 Å². The molecule has 5 nitrogen and oxygen atoms in total. The van der Waals surface area contributed by atoms with E-state index in [4.69, 9.17) is 0 Å². The fraction of sp³-hybridized carbons (Fsp3) is 1.00. The number of hydrogen-bond donors (Lipinski definition) is 1. The van der Waals surface area contributed by atoms with Crippen LogP contribution >= 0.6 is 0 Å². The van der Waals surface area contributed by atoms with E-state index in [1.165, 1.54) is 15.7 Å². The minimum atomic E-state index is -3.45. The van der Waals surface area contributed by atoms with Gasteiger partial charge in [0.2, 0.25) is 0 Å². The Balaban J connectivity index is 2.79. The van der Waals surface area contributed by atoms with Crippen LogP contribution in [0.25, 0.3) is 0 Å². The van der Waals surface area contributed by atoms with Crippen molar-refractivity contribution in [1.29, 1.82) is 0 Å². The first kappa shape index (κ1) is 15.9. The van der Waals surface area contributed by atoms with Gasteiger partial charge >= 0.3 is 0 Å². The van der Waals surface area contributed by atoms with E-state index in [-0.39, 0.29) is 6.54 Å². The maximum Gasteiger partial charge on any atom is 0.281 e. The Labute approximate surface area is 111 Å². The lowest BCUT2D eigenvalue weighted by molar-refractivity contribution is 0.0616. The van der Waals surface area contributed by atoms with Crippen molar-refractivity contribution in [3.63, 3.8) is 0 Å². The van der Waals surface area contributed by atoms with E-state index in [9.17, 15) is 13.5 Å². The van der Waals surface area contributed by atoms with Crippen molar-refractivity contribution in [3.8, 4) is 0 Å². The molecule has 1 aliphatic heterocycles. The second-order valence-corrected chi connectivity index (χ2v) is 8.37. The van der Waals surface area contributed by atoms with Gasteiger partial charge in [-0.05, 0) is 32.1 Å². The molecule has 0 aromatic carbocycles. The molecule has 1 aliphatic rings. The zero-order valence-corrected chi connectivity index (χ0v) is 12.9. The van der Waals surface area contributed by atoms with Crippen LogP contribution in [0.4, 0.5) is 0 Å². The first-order valence-corrected chi connectivity index (χ1v) is 7.86. The van der Waals surface area contributed by atoms with Gasteiger partial charge in [0.15, 0.2) is 0 Å². The number of aliphatic hydroxyl groups is 1. The molecule has 0 bridgehead atoms. The summed E-state index contributed by atoms with van der Waals surface area (Å²) in [6.45, 7) is 8.63. The van der Waals surface area contributed by atoms with Crippen LogP contribution in [0, 0.1) is 11.8 Å². The van der Waals surface area contributed by atoms with E-state index in [1.807, 2.05) is 0 Å². The van der Waals surface area contributed by atoms with Crippen LogP contribution in [0.1, 0.15) is 34.1 Å². The Kier molecular flexibility index (Phi) is 4.81. The lowest BCUT2D eigenvalue weighted by Crippen LogP contribution is -2.51. The standard InChI is InChI=1S/C12H26N2O3S/c1-10-6-11(2)8-14(7-10)18(16,17)13(5)9-12(3,4)15/h10-11,15H,6-9H2,1-5H3. The molecule has 0 saturated carbocycles. The monoisotopic (exact) mass is 278 g/mol. The molecule has 1 fully saturated rings. The van der Waals surface area contributed by atoms with Crippen molar-refractivity contribution in [1.82, 2.24) is 8.61 Å². The summed E-state index contributed by atoms with van der Waals surface area (Å²) in [7, 11) is -1.93. The largest absolute Gasteiger partial charge is 0.389 e. The van der Waals surface area contributed by atoms with Crippen LogP contribution in [-0.4, -0.2) is 54.4 Å². The summed E-state index contributed by atoms with van der Waals surface area (Å²) in [5, 5.41) is 9.73. The molecule has 0 aromatic heterocycles. The van der Waals surface area contributed by atoms with Gasteiger partial charge < -0.3 is 5.11 Å². The Morgan fingerprint density at radius 3 is 2.11 bits per heavy atom. The molecule has 1 heterocycles. The lowest BCUT2D eigenvalue weighted by atomic mass is 9.94. The predicted molar refractivity (Wildman–Crippen MR) is 72.4 cm³/mol. The molecule has 108 valence electrons.